The first-order valence-corrected chi connectivity index (χ1v) is 10.9. The molecule has 1 fully saturated rings. The van der Waals surface area contributed by atoms with Crippen molar-refractivity contribution in [2.45, 2.75) is 44.1 Å². The van der Waals surface area contributed by atoms with Gasteiger partial charge in [-0.05, 0) is 55.7 Å². The molecule has 2 atom stereocenters. The summed E-state index contributed by atoms with van der Waals surface area (Å²) >= 11 is 0. The molecule has 148 valence electrons. The van der Waals surface area contributed by atoms with E-state index in [0.717, 1.165) is 23.3 Å². The van der Waals surface area contributed by atoms with Crippen LogP contribution < -0.4 is 9.46 Å². The van der Waals surface area contributed by atoms with Gasteiger partial charge in [-0.15, -0.1) is 0 Å². The molecule has 2 aliphatic rings. The van der Waals surface area contributed by atoms with Crippen LogP contribution in [0.15, 0.2) is 41.3 Å². The number of fused-ring (bicyclic) bond motifs is 3. The average molecular weight is 401 g/mol. The first kappa shape index (κ1) is 18.8. The van der Waals surface area contributed by atoms with Crippen LogP contribution in [0.1, 0.15) is 36.0 Å². The molecule has 4 rings (SSSR count). The monoisotopic (exact) mass is 400 g/mol. The molecule has 2 aromatic rings. The van der Waals surface area contributed by atoms with Crippen LogP contribution in [0.4, 0.5) is 5.69 Å². The molecule has 2 heterocycles. The maximum absolute atomic E-state index is 12.9. The molecule has 6 nitrogen and oxygen atoms in total. The zero-order chi connectivity index (χ0) is 20.1. The normalized spacial score (nSPS) is 20.9. The van der Waals surface area contributed by atoms with E-state index in [2.05, 4.69) is 4.72 Å². The van der Waals surface area contributed by atoms with Crippen LogP contribution in [0.2, 0.25) is 0 Å². The van der Waals surface area contributed by atoms with Gasteiger partial charge in [0.05, 0.1) is 11.4 Å². The lowest BCUT2D eigenvalue weighted by molar-refractivity contribution is -0.131. The Labute approximate surface area is 165 Å². The molecule has 0 radical (unpaired) electrons. The summed E-state index contributed by atoms with van der Waals surface area (Å²) in [5.41, 5.74) is 3.14. The molecule has 7 heteroatoms. The van der Waals surface area contributed by atoms with Crippen molar-refractivity contribution >= 4 is 21.6 Å². The van der Waals surface area contributed by atoms with Crippen LogP contribution in [0.5, 0.6) is 5.75 Å². The molecule has 2 unspecified atom stereocenters. The highest BCUT2D eigenvalue weighted by atomic mass is 32.2. The van der Waals surface area contributed by atoms with E-state index in [0.29, 0.717) is 24.3 Å². The number of carbonyl (C=O) groups excluding carboxylic acids is 1. The van der Waals surface area contributed by atoms with Crippen LogP contribution in [0.3, 0.4) is 0 Å². The van der Waals surface area contributed by atoms with E-state index in [9.17, 15) is 13.2 Å². The summed E-state index contributed by atoms with van der Waals surface area (Å²) in [6.45, 7) is 6.50. The molecule has 2 aliphatic heterocycles. The van der Waals surface area contributed by atoms with Gasteiger partial charge in [-0.25, -0.2) is 8.42 Å². The Morgan fingerprint density at radius 3 is 2.71 bits per heavy atom. The van der Waals surface area contributed by atoms with Crippen molar-refractivity contribution in [1.29, 1.82) is 0 Å². The Kier molecular flexibility index (Phi) is 4.57. The van der Waals surface area contributed by atoms with Gasteiger partial charge in [0, 0.05) is 30.6 Å². The van der Waals surface area contributed by atoms with Gasteiger partial charge in [-0.2, -0.15) is 0 Å². The SMILES string of the molecule is CC(=O)N1CCC2c3cc(NS(=O)(=O)c4cc(C)ccc4C)ccc3OC2C1. The molecule has 1 amide bonds. The van der Waals surface area contributed by atoms with Gasteiger partial charge in [-0.1, -0.05) is 12.1 Å². The summed E-state index contributed by atoms with van der Waals surface area (Å²) in [6.07, 6.45) is 0.739. The fourth-order valence-electron chi connectivity index (χ4n) is 4.06. The number of hydrogen-bond donors (Lipinski definition) is 1. The van der Waals surface area contributed by atoms with Crippen molar-refractivity contribution < 1.29 is 17.9 Å². The van der Waals surface area contributed by atoms with E-state index in [1.165, 1.54) is 0 Å². The molecular weight excluding hydrogens is 376 g/mol. The van der Waals surface area contributed by atoms with E-state index in [1.807, 2.05) is 31.2 Å². The summed E-state index contributed by atoms with van der Waals surface area (Å²) in [5.74, 6) is 1.01. The topological polar surface area (TPSA) is 75.7 Å². The number of aryl methyl sites for hydroxylation is 2. The number of piperidine rings is 1. The molecule has 0 bridgehead atoms. The highest BCUT2D eigenvalue weighted by Crippen LogP contribution is 2.44. The molecule has 0 spiro atoms. The van der Waals surface area contributed by atoms with Gasteiger partial charge in [0.15, 0.2) is 0 Å². The lowest BCUT2D eigenvalue weighted by Gasteiger charge is -2.33. The Hall–Kier alpha value is -2.54. The first-order valence-electron chi connectivity index (χ1n) is 9.41. The summed E-state index contributed by atoms with van der Waals surface area (Å²) < 4.78 is 34.5. The number of likely N-dealkylation sites (tertiary alicyclic amines) is 1. The highest BCUT2D eigenvalue weighted by Gasteiger charge is 2.39. The largest absolute Gasteiger partial charge is 0.488 e. The number of ether oxygens (including phenoxy) is 1. The molecule has 2 aromatic carbocycles. The zero-order valence-corrected chi connectivity index (χ0v) is 17.0. The smallest absolute Gasteiger partial charge is 0.262 e. The van der Waals surface area contributed by atoms with Crippen molar-refractivity contribution in [3.63, 3.8) is 0 Å². The third-order valence-electron chi connectivity index (χ3n) is 5.58. The number of carbonyl (C=O) groups is 1. The number of sulfonamides is 1. The Morgan fingerprint density at radius 1 is 1.18 bits per heavy atom. The standard InChI is InChI=1S/C21H24N2O4S/c1-13-4-5-14(2)21(10-13)28(25,26)22-16-6-7-19-18(11-16)17-8-9-23(15(3)24)12-20(17)27-19/h4-7,10-11,17,20,22H,8-9,12H2,1-3H3. The molecule has 1 saturated heterocycles. The lowest BCUT2D eigenvalue weighted by atomic mass is 9.88. The molecule has 1 N–H and O–H groups in total. The van der Waals surface area contributed by atoms with Gasteiger partial charge >= 0.3 is 0 Å². The Bertz CT molecular complexity index is 1050. The quantitative estimate of drug-likeness (QED) is 0.858. The Morgan fingerprint density at radius 2 is 1.96 bits per heavy atom. The maximum Gasteiger partial charge on any atom is 0.262 e. The van der Waals surface area contributed by atoms with Gasteiger partial charge in [0.1, 0.15) is 11.9 Å². The van der Waals surface area contributed by atoms with Crippen molar-refractivity contribution in [2.75, 3.05) is 17.8 Å². The third-order valence-corrected chi connectivity index (χ3v) is 7.10. The molecule has 0 saturated carbocycles. The second-order valence-corrected chi connectivity index (χ2v) is 9.29. The average Bonchev–Trinajstić information content (AvgIpc) is 3.00. The minimum atomic E-state index is -3.68. The van der Waals surface area contributed by atoms with Crippen LogP contribution in [0, 0.1) is 13.8 Å². The van der Waals surface area contributed by atoms with Crippen molar-refractivity contribution in [2.24, 2.45) is 0 Å². The van der Waals surface area contributed by atoms with Gasteiger partial charge < -0.3 is 9.64 Å². The van der Waals surface area contributed by atoms with Crippen molar-refractivity contribution in [3.8, 4) is 5.75 Å². The lowest BCUT2D eigenvalue weighted by Crippen LogP contribution is -2.45. The minimum Gasteiger partial charge on any atom is -0.488 e. The van der Waals surface area contributed by atoms with Gasteiger partial charge in [-0.3, -0.25) is 9.52 Å². The second-order valence-electron chi connectivity index (χ2n) is 7.64. The number of anilines is 1. The highest BCUT2D eigenvalue weighted by molar-refractivity contribution is 7.92. The van der Waals surface area contributed by atoms with Crippen molar-refractivity contribution in [3.05, 3.63) is 53.1 Å². The van der Waals surface area contributed by atoms with E-state index < -0.39 is 10.0 Å². The van der Waals surface area contributed by atoms with Crippen LogP contribution in [0.25, 0.3) is 0 Å². The molecular formula is C21H24N2O4S. The fraction of sp³-hybridized carbons (Fsp3) is 0.381. The third kappa shape index (κ3) is 3.35. The molecule has 0 aliphatic carbocycles. The predicted molar refractivity (Wildman–Crippen MR) is 107 cm³/mol. The number of nitrogens with zero attached hydrogens (tertiary/aromatic N) is 1. The Balaban J connectivity index is 1.59. The van der Waals surface area contributed by atoms with Crippen LogP contribution in [-0.2, 0) is 14.8 Å². The summed E-state index contributed by atoms with van der Waals surface area (Å²) in [4.78, 5) is 13.7. The molecule has 0 aromatic heterocycles. The second kappa shape index (κ2) is 6.81. The number of nitrogens with one attached hydrogen (secondary N) is 1. The van der Waals surface area contributed by atoms with E-state index in [1.54, 1.807) is 30.9 Å². The van der Waals surface area contributed by atoms with Crippen molar-refractivity contribution in [1.82, 2.24) is 4.90 Å². The summed E-state index contributed by atoms with van der Waals surface area (Å²) in [7, 11) is -3.68. The predicted octanol–water partition coefficient (Wildman–Crippen LogP) is 3.20. The van der Waals surface area contributed by atoms with Crippen LogP contribution >= 0.6 is 0 Å². The zero-order valence-electron chi connectivity index (χ0n) is 16.2. The van der Waals surface area contributed by atoms with E-state index >= 15 is 0 Å². The minimum absolute atomic E-state index is 0.0555. The summed E-state index contributed by atoms with van der Waals surface area (Å²) in [6, 6.07) is 10.8. The van der Waals surface area contributed by atoms with Gasteiger partial charge in [0.2, 0.25) is 5.91 Å². The van der Waals surface area contributed by atoms with E-state index in [4.69, 9.17) is 4.74 Å². The number of amides is 1. The number of hydrogen-bond acceptors (Lipinski definition) is 4. The molecule has 28 heavy (non-hydrogen) atoms. The maximum atomic E-state index is 12.9. The number of benzene rings is 2. The first-order chi connectivity index (χ1) is 13.2. The fourth-order valence-corrected chi connectivity index (χ4v) is 5.44. The van der Waals surface area contributed by atoms with E-state index in [-0.39, 0.29) is 22.8 Å². The van der Waals surface area contributed by atoms with Crippen LogP contribution in [-0.4, -0.2) is 38.4 Å². The van der Waals surface area contributed by atoms with Gasteiger partial charge in [0.25, 0.3) is 10.0 Å². The number of rotatable bonds is 3. The summed E-state index contributed by atoms with van der Waals surface area (Å²) in [5, 5.41) is 0.